The van der Waals surface area contributed by atoms with Gasteiger partial charge in [0.05, 0.1) is 17.7 Å². The Hall–Kier alpha value is -3.42. The van der Waals surface area contributed by atoms with E-state index in [1.807, 2.05) is 0 Å². The van der Waals surface area contributed by atoms with Gasteiger partial charge in [0.15, 0.2) is 0 Å². The Morgan fingerprint density at radius 1 is 1.07 bits per heavy atom. The molecule has 1 N–H and O–H groups in total. The molecular formula is C21H16F3N3O2. The Bertz CT molecular complexity index is 1020. The molecule has 3 aromatic rings. The van der Waals surface area contributed by atoms with Crippen LogP contribution < -0.4 is 10.1 Å². The average molecular weight is 399 g/mol. The third kappa shape index (κ3) is 3.53. The number of halogens is 3. The van der Waals surface area contributed by atoms with Crippen LogP contribution in [0.5, 0.6) is 5.75 Å². The summed E-state index contributed by atoms with van der Waals surface area (Å²) in [5.74, 6) is 0.0710. The first-order valence-corrected chi connectivity index (χ1v) is 8.89. The number of nitrogens with one attached hydrogen (secondary N) is 1. The van der Waals surface area contributed by atoms with Crippen LogP contribution in [0.4, 0.5) is 13.2 Å². The van der Waals surface area contributed by atoms with Crippen molar-refractivity contribution in [1.82, 2.24) is 15.3 Å². The Morgan fingerprint density at radius 3 is 2.52 bits per heavy atom. The van der Waals surface area contributed by atoms with Gasteiger partial charge in [-0.1, -0.05) is 12.1 Å². The fourth-order valence-corrected chi connectivity index (χ4v) is 3.44. The van der Waals surface area contributed by atoms with Crippen molar-refractivity contribution in [2.45, 2.75) is 18.1 Å². The number of nitrogens with zero attached hydrogens (tertiary/aromatic N) is 2. The number of fused-ring (bicyclic) bond motifs is 1. The van der Waals surface area contributed by atoms with Crippen LogP contribution in [-0.4, -0.2) is 22.5 Å². The molecule has 0 aliphatic carbocycles. The minimum Gasteiger partial charge on any atom is -0.491 e. The number of benzene rings is 1. The van der Waals surface area contributed by atoms with Gasteiger partial charge in [0, 0.05) is 25.0 Å². The highest BCUT2D eigenvalue weighted by molar-refractivity contribution is 5.94. The first-order valence-electron chi connectivity index (χ1n) is 8.89. The van der Waals surface area contributed by atoms with Crippen LogP contribution in [0.2, 0.25) is 0 Å². The van der Waals surface area contributed by atoms with Crippen LogP contribution in [0.3, 0.4) is 0 Å². The van der Waals surface area contributed by atoms with Crippen LogP contribution in [0.25, 0.3) is 0 Å². The second-order valence-electron chi connectivity index (χ2n) is 6.62. The molecule has 0 fully saturated rings. The van der Waals surface area contributed by atoms with E-state index < -0.39 is 23.2 Å². The summed E-state index contributed by atoms with van der Waals surface area (Å²) < 4.78 is 44.7. The number of alkyl halides is 3. The van der Waals surface area contributed by atoms with Crippen LogP contribution in [0.15, 0.2) is 67.1 Å². The molecule has 0 saturated carbocycles. The van der Waals surface area contributed by atoms with E-state index in [4.69, 9.17) is 4.74 Å². The summed E-state index contributed by atoms with van der Waals surface area (Å²) in [5, 5.41) is 2.98. The predicted molar refractivity (Wildman–Crippen MR) is 98.3 cm³/mol. The van der Waals surface area contributed by atoms with Gasteiger partial charge < -0.3 is 10.1 Å². The quantitative estimate of drug-likeness (QED) is 0.724. The van der Waals surface area contributed by atoms with E-state index in [9.17, 15) is 18.0 Å². The molecule has 148 valence electrons. The summed E-state index contributed by atoms with van der Waals surface area (Å²) in [6, 6.07) is 11.4. The van der Waals surface area contributed by atoms with E-state index in [0.717, 1.165) is 12.1 Å². The maximum atomic E-state index is 13.0. The van der Waals surface area contributed by atoms with Gasteiger partial charge in [0.1, 0.15) is 17.0 Å². The van der Waals surface area contributed by atoms with Crippen molar-refractivity contribution in [2.24, 2.45) is 0 Å². The molecule has 1 aliphatic rings. The summed E-state index contributed by atoms with van der Waals surface area (Å²) >= 11 is 0. The first kappa shape index (κ1) is 18.9. The molecule has 1 atom stereocenters. The molecule has 3 heterocycles. The van der Waals surface area contributed by atoms with Crippen molar-refractivity contribution in [1.29, 1.82) is 0 Å². The van der Waals surface area contributed by atoms with Gasteiger partial charge in [-0.25, -0.2) is 0 Å². The minimum absolute atomic E-state index is 0.271. The fourth-order valence-electron chi connectivity index (χ4n) is 3.44. The van der Waals surface area contributed by atoms with E-state index >= 15 is 0 Å². The maximum Gasteiger partial charge on any atom is 0.416 e. The van der Waals surface area contributed by atoms with E-state index in [1.54, 1.807) is 36.7 Å². The highest BCUT2D eigenvalue weighted by Crippen LogP contribution is 2.41. The van der Waals surface area contributed by atoms with Crippen molar-refractivity contribution in [3.8, 4) is 5.75 Å². The number of rotatable bonds is 3. The summed E-state index contributed by atoms with van der Waals surface area (Å²) in [5.41, 5.74) is -0.619. The summed E-state index contributed by atoms with van der Waals surface area (Å²) in [6.07, 6.45) is 0.398. The molecule has 0 spiro atoms. The molecule has 1 aromatic carbocycles. The third-order valence-electron chi connectivity index (χ3n) is 4.87. The van der Waals surface area contributed by atoms with Crippen molar-refractivity contribution in [3.05, 3.63) is 89.5 Å². The molecule has 5 nitrogen and oxygen atoms in total. The van der Waals surface area contributed by atoms with Crippen molar-refractivity contribution in [3.63, 3.8) is 0 Å². The lowest BCUT2D eigenvalue weighted by Gasteiger charge is -2.39. The van der Waals surface area contributed by atoms with Gasteiger partial charge in [0.2, 0.25) is 0 Å². The van der Waals surface area contributed by atoms with E-state index in [2.05, 4.69) is 15.3 Å². The second kappa shape index (κ2) is 7.20. The van der Waals surface area contributed by atoms with Gasteiger partial charge in [-0.2, -0.15) is 13.2 Å². The largest absolute Gasteiger partial charge is 0.491 e. The molecule has 0 saturated heterocycles. The molecule has 2 aromatic heterocycles. The highest BCUT2D eigenvalue weighted by Gasteiger charge is 2.43. The molecule has 0 bridgehead atoms. The van der Waals surface area contributed by atoms with Crippen LogP contribution >= 0.6 is 0 Å². The Morgan fingerprint density at radius 2 is 1.83 bits per heavy atom. The normalized spacial score (nSPS) is 18.4. The molecule has 29 heavy (non-hydrogen) atoms. The van der Waals surface area contributed by atoms with Crippen molar-refractivity contribution < 1.29 is 22.7 Å². The average Bonchev–Trinajstić information content (AvgIpc) is 2.74. The summed E-state index contributed by atoms with van der Waals surface area (Å²) in [4.78, 5) is 21.3. The number of hydrogen-bond acceptors (Lipinski definition) is 4. The van der Waals surface area contributed by atoms with Crippen LogP contribution in [0, 0.1) is 0 Å². The Kier molecular flexibility index (Phi) is 4.70. The smallest absolute Gasteiger partial charge is 0.416 e. The third-order valence-corrected chi connectivity index (χ3v) is 4.87. The number of carbonyl (C=O) groups is 1. The standard InChI is InChI=1S/C21H16F3N3O2/c22-21(23,24)16-7-5-15(6-8-16)20(27-19(28)14-3-1-10-25-13-14)9-12-29-17-4-2-11-26-18(17)20/h1-8,10-11,13H,9,12H2,(H,27,28). The maximum absolute atomic E-state index is 13.0. The second-order valence-corrected chi connectivity index (χ2v) is 6.62. The highest BCUT2D eigenvalue weighted by atomic mass is 19.4. The minimum atomic E-state index is -4.45. The number of carbonyl (C=O) groups excluding carboxylic acids is 1. The number of pyridine rings is 2. The van der Waals surface area contributed by atoms with Crippen molar-refractivity contribution >= 4 is 5.91 Å². The zero-order valence-electron chi connectivity index (χ0n) is 15.1. The molecule has 8 heteroatoms. The molecule has 1 amide bonds. The Labute approximate surface area is 164 Å². The topological polar surface area (TPSA) is 64.1 Å². The summed E-state index contributed by atoms with van der Waals surface area (Å²) in [6.45, 7) is 0.271. The van der Waals surface area contributed by atoms with Gasteiger partial charge in [-0.15, -0.1) is 0 Å². The van der Waals surface area contributed by atoms with E-state index in [-0.39, 0.29) is 6.61 Å². The first-order chi connectivity index (χ1) is 13.9. The van der Waals surface area contributed by atoms with Gasteiger partial charge in [-0.3, -0.25) is 14.8 Å². The molecular weight excluding hydrogens is 383 g/mol. The van der Waals surface area contributed by atoms with Gasteiger partial charge in [0.25, 0.3) is 5.91 Å². The van der Waals surface area contributed by atoms with Crippen molar-refractivity contribution in [2.75, 3.05) is 6.61 Å². The van der Waals surface area contributed by atoms with E-state index in [1.165, 1.54) is 18.3 Å². The number of amides is 1. The van der Waals surface area contributed by atoms with Crippen LogP contribution in [-0.2, 0) is 11.7 Å². The number of ether oxygens (including phenoxy) is 1. The zero-order valence-corrected chi connectivity index (χ0v) is 15.1. The Balaban J connectivity index is 1.82. The number of hydrogen-bond donors (Lipinski definition) is 1. The summed E-state index contributed by atoms with van der Waals surface area (Å²) in [7, 11) is 0. The zero-order chi connectivity index (χ0) is 20.5. The van der Waals surface area contributed by atoms with E-state index in [0.29, 0.717) is 29.0 Å². The molecule has 0 radical (unpaired) electrons. The molecule has 1 unspecified atom stereocenters. The lowest BCUT2D eigenvalue weighted by molar-refractivity contribution is -0.137. The molecule has 1 aliphatic heterocycles. The fraction of sp³-hybridized carbons (Fsp3) is 0.190. The monoisotopic (exact) mass is 399 g/mol. The van der Waals surface area contributed by atoms with Crippen LogP contribution in [0.1, 0.15) is 33.6 Å². The molecule has 4 rings (SSSR count). The lowest BCUT2D eigenvalue weighted by atomic mass is 9.81. The van der Waals surface area contributed by atoms with Gasteiger partial charge in [-0.05, 0) is 42.0 Å². The predicted octanol–water partition coefficient (Wildman–Crippen LogP) is 3.95. The van der Waals surface area contributed by atoms with Gasteiger partial charge >= 0.3 is 6.18 Å². The SMILES string of the molecule is O=C(NC1(c2ccc(C(F)(F)F)cc2)CCOc2cccnc21)c1cccnc1. The number of aromatic nitrogens is 2. The lowest BCUT2D eigenvalue weighted by Crippen LogP contribution is -2.50.